The van der Waals surface area contributed by atoms with Gasteiger partial charge in [-0.1, -0.05) is 29.8 Å². The van der Waals surface area contributed by atoms with Crippen LogP contribution in [0.3, 0.4) is 0 Å². The molecule has 3 nitrogen and oxygen atoms in total. The van der Waals surface area contributed by atoms with Crippen LogP contribution in [0.4, 0.5) is 0 Å². The van der Waals surface area contributed by atoms with Gasteiger partial charge in [0.05, 0.1) is 11.8 Å². The quantitative estimate of drug-likeness (QED) is 0.846. The molecule has 4 heteroatoms. The maximum absolute atomic E-state index is 11.8. The van der Waals surface area contributed by atoms with E-state index in [4.69, 9.17) is 4.42 Å². The van der Waals surface area contributed by atoms with Crippen molar-refractivity contribution < 1.29 is 9.21 Å². The molecule has 0 atom stereocenters. The highest BCUT2D eigenvalue weighted by Crippen LogP contribution is 2.20. The van der Waals surface area contributed by atoms with E-state index in [1.807, 2.05) is 0 Å². The Hall–Kier alpha value is -0.770. The lowest BCUT2D eigenvalue weighted by atomic mass is 9.90. The third-order valence-corrected chi connectivity index (χ3v) is 3.00. The first-order chi connectivity index (χ1) is 7.46. The molecule has 0 aromatic carbocycles. The lowest BCUT2D eigenvalue weighted by Gasteiger charge is -2.23. The predicted molar refractivity (Wildman–Crippen MR) is 68.0 cm³/mol. The minimum Gasteiger partial charge on any atom is -0.469 e. The fraction of sp³-hybridized carbons (Fsp3) is 0.583. The van der Waals surface area contributed by atoms with Gasteiger partial charge in [0.1, 0.15) is 5.76 Å². The molecule has 0 aliphatic heterocycles. The number of furan rings is 1. The van der Waals surface area contributed by atoms with Crippen LogP contribution in [0.15, 0.2) is 16.7 Å². The largest absolute Gasteiger partial charge is 0.469 e. The van der Waals surface area contributed by atoms with Gasteiger partial charge in [-0.25, -0.2) is 0 Å². The van der Waals surface area contributed by atoms with Crippen LogP contribution in [-0.4, -0.2) is 17.8 Å². The van der Waals surface area contributed by atoms with Crippen molar-refractivity contribution in [3.63, 3.8) is 0 Å². The lowest BCUT2D eigenvalue weighted by Crippen LogP contribution is -2.34. The second-order valence-corrected chi connectivity index (χ2v) is 5.47. The minimum atomic E-state index is -0.0612. The van der Waals surface area contributed by atoms with Gasteiger partial charge in [0, 0.05) is 11.9 Å². The van der Waals surface area contributed by atoms with Crippen molar-refractivity contribution in [1.82, 2.24) is 5.32 Å². The molecule has 1 aromatic rings. The SMILES string of the molecule is Cc1occc1C(=O)NCC(C)(C)CCBr. The summed E-state index contributed by atoms with van der Waals surface area (Å²) >= 11 is 3.41. The van der Waals surface area contributed by atoms with E-state index >= 15 is 0 Å². The molecule has 1 N–H and O–H groups in total. The molecule has 0 saturated heterocycles. The lowest BCUT2D eigenvalue weighted by molar-refractivity contribution is 0.0934. The zero-order chi connectivity index (χ0) is 12.2. The van der Waals surface area contributed by atoms with Crippen LogP contribution >= 0.6 is 15.9 Å². The van der Waals surface area contributed by atoms with Gasteiger partial charge in [-0.15, -0.1) is 0 Å². The molecule has 90 valence electrons. The standard InChI is InChI=1S/C12H18BrNO2/c1-9-10(4-7-16-9)11(15)14-8-12(2,3)5-6-13/h4,7H,5-6,8H2,1-3H3,(H,14,15). The van der Waals surface area contributed by atoms with Gasteiger partial charge in [0.25, 0.3) is 5.91 Å². The third-order valence-electron chi connectivity index (χ3n) is 2.60. The number of hydrogen-bond acceptors (Lipinski definition) is 2. The summed E-state index contributed by atoms with van der Waals surface area (Å²) in [6.07, 6.45) is 2.56. The molecule has 1 amide bonds. The van der Waals surface area contributed by atoms with Gasteiger partial charge >= 0.3 is 0 Å². The molecular formula is C12H18BrNO2. The number of hydrogen-bond donors (Lipinski definition) is 1. The molecule has 0 aliphatic carbocycles. The Morgan fingerprint density at radius 1 is 1.56 bits per heavy atom. The molecule has 16 heavy (non-hydrogen) atoms. The van der Waals surface area contributed by atoms with Crippen LogP contribution in [0.25, 0.3) is 0 Å². The molecule has 0 saturated carbocycles. The Bertz CT molecular complexity index is 358. The molecule has 0 fully saturated rings. The van der Waals surface area contributed by atoms with Crippen molar-refractivity contribution in [3.8, 4) is 0 Å². The molecule has 0 radical (unpaired) electrons. The Labute approximate surface area is 105 Å². The van der Waals surface area contributed by atoms with E-state index in [9.17, 15) is 4.79 Å². The molecule has 1 rings (SSSR count). The minimum absolute atomic E-state index is 0.0612. The van der Waals surface area contributed by atoms with Crippen LogP contribution in [0.1, 0.15) is 36.4 Å². The zero-order valence-corrected chi connectivity index (χ0v) is 11.6. The fourth-order valence-electron chi connectivity index (χ4n) is 1.38. The summed E-state index contributed by atoms with van der Waals surface area (Å²) < 4.78 is 5.10. The highest BCUT2D eigenvalue weighted by atomic mass is 79.9. The van der Waals surface area contributed by atoms with Crippen LogP contribution in [-0.2, 0) is 0 Å². The van der Waals surface area contributed by atoms with E-state index in [1.54, 1.807) is 13.0 Å². The highest BCUT2D eigenvalue weighted by Gasteiger charge is 2.19. The maximum atomic E-state index is 11.8. The first-order valence-corrected chi connectivity index (χ1v) is 6.47. The topological polar surface area (TPSA) is 42.2 Å². The van der Waals surface area contributed by atoms with Crippen LogP contribution in [0.5, 0.6) is 0 Å². The van der Waals surface area contributed by atoms with Crippen LogP contribution < -0.4 is 5.32 Å². The van der Waals surface area contributed by atoms with Crippen molar-refractivity contribution in [2.45, 2.75) is 27.2 Å². The second-order valence-electron chi connectivity index (χ2n) is 4.68. The first-order valence-electron chi connectivity index (χ1n) is 5.34. The van der Waals surface area contributed by atoms with Gasteiger partial charge in [-0.05, 0) is 24.8 Å². The van der Waals surface area contributed by atoms with Crippen molar-refractivity contribution in [2.75, 3.05) is 11.9 Å². The third kappa shape index (κ3) is 3.67. The summed E-state index contributed by atoms with van der Waals surface area (Å²) in [5, 5.41) is 3.88. The van der Waals surface area contributed by atoms with E-state index in [2.05, 4.69) is 35.1 Å². The second kappa shape index (κ2) is 5.53. The van der Waals surface area contributed by atoms with E-state index in [-0.39, 0.29) is 11.3 Å². The normalized spacial score (nSPS) is 11.5. The summed E-state index contributed by atoms with van der Waals surface area (Å²) in [4.78, 5) is 11.8. The van der Waals surface area contributed by atoms with E-state index in [0.29, 0.717) is 17.9 Å². The van der Waals surface area contributed by atoms with Crippen LogP contribution in [0.2, 0.25) is 0 Å². The molecule has 0 spiro atoms. The molecular weight excluding hydrogens is 270 g/mol. The van der Waals surface area contributed by atoms with E-state index < -0.39 is 0 Å². The Morgan fingerprint density at radius 2 is 2.25 bits per heavy atom. The first kappa shape index (κ1) is 13.3. The number of carbonyl (C=O) groups is 1. The molecule has 0 aliphatic rings. The molecule has 0 unspecified atom stereocenters. The Morgan fingerprint density at radius 3 is 2.75 bits per heavy atom. The van der Waals surface area contributed by atoms with Gasteiger partial charge in [-0.2, -0.15) is 0 Å². The summed E-state index contributed by atoms with van der Waals surface area (Å²) in [5.74, 6) is 0.602. The number of halogens is 1. The molecule has 1 heterocycles. The smallest absolute Gasteiger partial charge is 0.254 e. The average molecular weight is 288 g/mol. The van der Waals surface area contributed by atoms with Crippen molar-refractivity contribution >= 4 is 21.8 Å². The summed E-state index contributed by atoms with van der Waals surface area (Å²) in [6, 6.07) is 1.70. The monoisotopic (exact) mass is 287 g/mol. The van der Waals surface area contributed by atoms with E-state index in [1.165, 1.54) is 6.26 Å². The van der Waals surface area contributed by atoms with Gasteiger partial charge in [-0.3, -0.25) is 4.79 Å². The van der Waals surface area contributed by atoms with Crippen LogP contribution in [0, 0.1) is 12.3 Å². The van der Waals surface area contributed by atoms with Gasteiger partial charge in [0.2, 0.25) is 0 Å². The summed E-state index contributed by atoms with van der Waals surface area (Å²) in [5.41, 5.74) is 0.728. The maximum Gasteiger partial charge on any atom is 0.254 e. The fourth-order valence-corrected chi connectivity index (χ4v) is 2.45. The molecule has 1 aromatic heterocycles. The van der Waals surface area contributed by atoms with Crippen molar-refractivity contribution in [2.24, 2.45) is 5.41 Å². The number of nitrogens with one attached hydrogen (secondary N) is 1. The summed E-state index contributed by atoms with van der Waals surface area (Å²) in [6.45, 7) is 6.73. The average Bonchev–Trinajstić information content (AvgIpc) is 2.61. The highest BCUT2D eigenvalue weighted by molar-refractivity contribution is 9.09. The van der Waals surface area contributed by atoms with Crippen molar-refractivity contribution in [1.29, 1.82) is 0 Å². The number of alkyl halides is 1. The van der Waals surface area contributed by atoms with Crippen molar-refractivity contribution in [3.05, 3.63) is 23.7 Å². The Balaban J connectivity index is 2.51. The number of rotatable bonds is 5. The van der Waals surface area contributed by atoms with Gasteiger partial charge < -0.3 is 9.73 Å². The van der Waals surface area contributed by atoms with E-state index in [0.717, 1.165) is 11.8 Å². The van der Waals surface area contributed by atoms with Gasteiger partial charge in [0.15, 0.2) is 0 Å². The number of aryl methyl sites for hydroxylation is 1. The predicted octanol–water partition coefficient (Wildman–Crippen LogP) is 3.13. The summed E-state index contributed by atoms with van der Waals surface area (Å²) in [7, 11) is 0. The Kier molecular flexibility index (Phi) is 4.59. The number of amides is 1. The zero-order valence-electron chi connectivity index (χ0n) is 9.97. The number of carbonyl (C=O) groups excluding carboxylic acids is 1. The molecule has 0 bridgehead atoms.